The number of ether oxygens (including phenoxy) is 1. The molecule has 0 aromatic heterocycles. The van der Waals surface area contributed by atoms with Crippen molar-refractivity contribution < 1.29 is 9.53 Å². The summed E-state index contributed by atoms with van der Waals surface area (Å²) in [6.07, 6.45) is 0. The van der Waals surface area contributed by atoms with Crippen molar-refractivity contribution in [2.24, 2.45) is 0 Å². The number of hydrogen-bond acceptors (Lipinski definition) is 3. The number of rotatable bonds is 2. The standard InChI is InChI=1S/C15H15NO2/c1-10-8-13(9-11(2)14(10)16)18-15(17)12-6-4-3-5-7-12/h3-9H,16H2,1-2H3. The molecule has 3 heteroatoms. The topological polar surface area (TPSA) is 52.3 Å². The molecule has 0 fully saturated rings. The average Bonchev–Trinajstić information content (AvgIpc) is 2.37. The predicted octanol–water partition coefficient (Wildman–Crippen LogP) is 3.10. The van der Waals surface area contributed by atoms with Crippen LogP contribution in [0.5, 0.6) is 5.75 Å². The van der Waals surface area contributed by atoms with Crippen molar-refractivity contribution in [3.05, 3.63) is 59.2 Å². The number of esters is 1. The Morgan fingerprint density at radius 1 is 1.06 bits per heavy atom. The fraction of sp³-hybridized carbons (Fsp3) is 0.133. The van der Waals surface area contributed by atoms with E-state index in [2.05, 4.69) is 0 Å². The molecule has 2 N–H and O–H groups in total. The number of nitrogens with two attached hydrogens (primary N) is 1. The molecule has 0 saturated carbocycles. The van der Waals surface area contributed by atoms with Crippen molar-refractivity contribution in [3.8, 4) is 5.75 Å². The zero-order valence-corrected chi connectivity index (χ0v) is 10.4. The van der Waals surface area contributed by atoms with Gasteiger partial charge in [0.1, 0.15) is 5.75 Å². The van der Waals surface area contributed by atoms with Crippen LogP contribution in [-0.4, -0.2) is 5.97 Å². The second-order valence-electron chi connectivity index (χ2n) is 4.23. The molecule has 0 heterocycles. The van der Waals surface area contributed by atoms with Gasteiger partial charge in [-0.25, -0.2) is 4.79 Å². The van der Waals surface area contributed by atoms with E-state index in [1.165, 1.54) is 0 Å². The van der Waals surface area contributed by atoms with Gasteiger partial charge in [0.05, 0.1) is 5.56 Å². The van der Waals surface area contributed by atoms with Crippen molar-refractivity contribution in [2.75, 3.05) is 5.73 Å². The third-order valence-corrected chi connectivity index (χ3v) is 2.79. The Hall–Kier alpha value is -2.29. The summed E-state index contributed by atoms with van der Waals surface area (Å²) in [5.41, 5.74) is 8.93. The molecule has 2 rings (SSSR count). The van der Waals surface area contributed by atoms with E-state index in [1.807, 2.05) is 19.9 Å². The third kappa shape index (κ3) is 2.51. The normalized spacial score (nSPS) is 10.1. The summed E-state index contributed by atoms with van der Waals surface area (Å²) in [7, 11) is 0. The van der Waals surface area contributed by atoms with E-state index in [9.17, 15) is 4.79 Å². The molecule has 2 aromatic carbocycles. The van der Waals surface area contributed by atoms with Crippen LogP contribution >= 0.6 is 0 Å². The number of benzene rings is 2. The lowest BCUT2D eigenvalue weighted by molar-refractivity contribution is 0.0734. The summed E-state index contributed by atoms with van der Waals surface area (Å²) in [6, 6.07) is 12.4. The molecule has 0 saturated heterocycles. The molecule has 2 aromatic rings. The van der Waals surface area contributed by atoms with Crippen LogP contribution in [0.4, 0.5) is 5.69 Å². The number of carbonyl (C=O) groups excluding carboxylic acids is 1. The number of carbonyl (C=O) groups is 1. The minimum Gasteiger partial charge on any atom is -0.423 e. The van der Waals surface area contributed by atoms with E-state index in [-0.39, 0.29) is 5.97 Å². The zero-order chi connectivity index (χ0) is 13.1. The lowest BCUT2D eigenvalue weighted by atomic mass is 10.1. The van der Waals surface area contributed by atoms with Gasteiger partial charge in [0.2, 0.25) is 0 Å². The highest BCUT2D eigenvalue weighted by Gasteiger charge is 2.09. The van der Waals surface area contributed by atoms with Gasteiger partial charge < -0.3 is 10.5 Å². The Labute approximate surface area is 106 Å². The van der Waals surface area contributed by atoms with Crippen LogP contribution in [0.2, 0.25) is 0 Å². The molecule has 0 radical (unpaired) electrons. The Bertz CT molecular complexity index is 553. The first-order valence-corrected chi connectivity index (χ1v) is 5.72. The molecule has 0 aliphatic heterocycles. The van der Waals surface area contributed by atoms with Crippen LogP contribution in [0.15, 0.2) is 42.5 Å². The van der Waals surface area contributed by atoms with Gasteiger partial charge >= 0.3 is 5.97 Å². The molecule has 92 valence electrons. The van der Waals surface area contributed by atoms with Gasteiger partial charge in [-0.1, -0.05) is 18.2 Å². The number of aryl methyl sites for hydroxylation is 2. The molecule has 0 spiro atoms. The number of anilines is 1. The molecule has 0 unspecified atom stereocenters. The van der Waals surface area contributed by atoms with Crippen molar-refractivity contribution in [3.63, 3.8) is 0 Å². The molecule has 0 bridgehead atoms. The SMILES string of the molecule is Cc1cc(OC(=O)c2ccccc2)cc(C)c1N. The Morgan fingerprint density at radius 3 is 2.17 bits per heavy atom. The summed E-state index contributed by atoms with van der Waals surface area (Å²) in [6.45, 7) is 3.78. The fourth-order valence-electron chi connectivity index (χ4n) is 1.73. The molecule has 0 aliphatic carbocycles. The fourth-order valence-corrected chi connectivity index (χ4v) is 1.73. The first-order valence-electron chi connectivity index (χ1n) is 5.72. The summed E-state index contributed by atoms with van der Waals surface area (Å²) < 4.78 is 5.32. The summed E-state index contributed by atoms with van der Waals surface area (Å²) in [5.74, 6) is 0.159. The van der Waals surface area contributed by atoms with Gasteiger partial charge in [0.25, 0.3) is 0 Å². The van der Waals surface area contributed by atoms with Crippen molar-refractivity contribution in [1.29, 1.82) is 0 Å². The molecular formula is C15H15NO2. The molecular weight excluding hydrogens is 226 g/mol. The van der Waals surface area contributed by atoms with Crippen LogP contribution in [0.25, 0.3) is 0 Å². The van der Waals surface area contributed by atoms with E-state index in [0.717, 1.165) is 16.8 Å². The molecule has 0 aliphatic rings. The van der Waals surface area contributed by atoms with Crippen LogP contribution in [0.1, 0.15) is 21.5 Å². The average molecular weight is 241 g/mol. The molecule has 3 nitrogen and oxygen atoms in total. The highest BCUT2D eigenvalue weighted by molar-refractivity contribution is 5.91. The van der Waals surface area contributed by atoms with Crippen LogP contribution in [0.3, 0.4) is 0 Å². The minimum absolute atomic E-state index is 0.362. The first-order chi connectivity index (χ1) is 8.58. The van der Waals surface area contributed by atoms with Crippen molar-refractivity contribution >= 4 is 11.7 Å². The second kappa shape index (κ2) is 4.92. The third-order valence-electron chi connectivity index (χ3n) is 2.79. The van der Waals surface area contributed by atoms with Gasteiger partial charge in [0, 0.05) is 5.69 Å². The second-order valence-corrected chi connectivity index (χ2v) is 4.23. The Kier molecular flexibility index (Phi) is 3.33. The van der Waals surface area contributed by atoms with Crippen molar-refractivity contribution in [1.82, 2.24) is 0 Å². The van der Waals surface area contributed by atoms with E-state index in [1.54, 1.807) is 36.4 Å². The largest absolute Gasteiger partial charge is 0.423 e. The van der Waals surface area contributed by atoms with Crippen LogP contribution in [-0.2, 0) is 0 Å². The predicted molar refractivity (Wildman–Crippen MR) is 71.7 cm³/mol. The van der Waals surface area contributed by atoms with E-state index in [4.69, 9.17) is 10.5 Å². The Morgan fingerprint density at radius 2 is 1.61 bits per heavy atom. The van der Waals surface area contributed by atoms with E-state index in [0.29, 0.717) is 11.3 Å². The van der Waals surface area contributed by atoms with Gasteiger partial charge in [0.15, 0.2) is 0 Å². The number of hydrogen-bond donors (Lipinski definition) is 1. The summed E-state index contributed by atoms with van der Waals surface area (Å²) >= 11 is 0. The van der Waals surface area contributed by atoms with Gasteiger partial charge in [-0.2, -0.15) is 0 Å². The van der Waals surface area contributed by atoms with Crippen LogP contribution in [0, 0.1) is 13.8 Å². The molecule has 0 atom stereocenters. The van der Waals surface area contributed by atoms with Gasteiger partial charge in [-0.3, -0.25) is 0 Å². The van der Waals surface area contributed by atoms with Crippen molar-refractivity contribution in [2.45, 2.75) is 13.8 Å². The van der Waals surface area contributed by atoms with E-state index < -0.39 is 0 Å². The molecule has 0 amide bonds. The minimum atomic E-state index is -0.362. The maximum Gasteiger partial charge on any atom is 0.343 e. The highest BCUT2D eigenvalue weighted by atomic mass is 16.5. The van der Waals surface area contributed by atoms with E-state index >= 15 is 0 Å². The lowest BCUT2D eigenvalue weighted by Gasteiger charge is -2.09. The van der Waals surface area contributed by atoms with Crippen LogP contribution < -0.4 is 10.5 Å². The lowest BCUT2D eigenvalue weighted by Crippen LogP contribution is -2.08. The summed E-state index contributed by atoms with van der Waals surface area (Å²) in [5, 5.41) is 0. The number of nitrogen functional groups attached to an aromatic ring is 1. The van der Waals surface area contributed by atoms with Gasteiger partial charge in [-0.15, -0.1) is 0 Å². The monoisotopic (exact) mass is 241 g/mol. The zero-order valence-electron chi connectivity index (χ0n) is 10.4. The summed E-state index contributed by atoms with van der Waals surface area (Å²) in [4.78, 5) is 11.9. The first kappa shape index (κ1) is 12.2. The maximum absolute atomic E-state index is 11.9. The smallest absolute Gasteiger partial charge is 0.343 e. The highest BCUT2D eigenvalue weighted by Crippen LogP contribution is 2.24. The maximum atomic E-state index is 11.9. The quantitative estimate of drug-likeness (QED) is 0.499. The Balaban J connectivity index is 2.23. The van der Waals surface area contributed by atoms with Gasteiger partial charge in [-0.05, 0) is 49.2 Å². The molecule has 18 heavy (non-hydrogen) atoms.